The molecule has 98 valence electrons. The highest BCUT2D eigenvalue weighted by molar-refractivity contribution is 5.77. The van der Waals surface area contributed by atoms with E-state index in [2.05, 4.69) is 0 Å². The zero-order valence-corrected chi connectivity index (χ0v) is 10.6. The zero-order valence-electron chi connectivity index (χ0n) is 10.6. The maximum Gasteiger partial charge on any atom is 0.247 e. The Balaban J connectivity index is 2.14. The molecule has 4 nitrogen and oxygen atoms in total. The minimum Gasteiger partial charge on any atom is -0.497 e. The summed E-state index contributed by atoms with van der Waals surface area (Å²) in [6.45, 7) is 0. The average Bonchev–Trinajstić information content (AvgIpc) is 2.48. The molecule has 19 heavy (non-hydrogen) atoms. The van der Waals surface area contributed by atoms with Gasteiger partial charge in [-0.3, -0.25) is 10.0 Å². The van der Waals surface area contributed by atoms with Crippen molar-refractivity contribution >= 4 is 5.91 Å². The van der Waals surface area contributed by atoms with Crippen LogP contribution in [0.5, 0.6) is 5.75 Å². The third-order valence-electron chi connectivity index (χ3n) is 2.87. The first kappa shape index (κ1) is 13.1. The quantitative estimate of drug-likeness (QED) is 0.653. The first-order chi connectivity index (χ1) is 9.22. The van der Waals surface area contributed by atoms with Gasteiger partial charge in [-0.1, -0.05) is 36.4 Å². The second-order valence-electron chi connectivity index (χ2n) is 4.14. The molecule has 2 aromatic carbocycles. The van der Waals surface area contributed by atoms with Crippen LogP contribution < -0.4 is 10.2 Å². The summed E-state index contributed by atoms with van der Waals surface area (Å²) in [6, 6.07) is 15.4. The fourth-order valence-corrected chi connectivity index (χ4v) is 1.82. The van der Waals surface area contributed by atoms with Crippen LogP contribution in [-0.2, 0) is 11.2 Å². The average molecular weight is 257 g/mol. The van der Waals surface area contributed by atoms with Crippen molar-refractivity contribution < 1.29 is 14.7 Å². The molecule has 0 aromatic heterocycles. The van der Waals surface area contributed by atoms with Gasteiger partial charge in [0.25, 0.3) is 0 Å². The minimum atomic E-state index is -0.419. The van der Waals surface area contributed by atoms with E-state index in [0.717, 1.165) is 22.4 Å². The number of benzene rings is 2. The Morgan fingerprint density at radius 3 is 2.05 bits per heavy atom. The summed E-state index contributed by atoms with van der Waals surface area (Å²) in [7, 11) is 1.63. The van der Waals surface area contributed by atoms with E-state index in [4.69, 9.17) is 9.94 Å². The third-order valence-corrected chi connectivity index (χ3v) is 2.87. The summed E-state index contributed by atoms with van der Waals surface area (Å²) in [5, 5.41) is 8.47. The molecule has 0 atom stereocenters. The Labute approximate surface area is 111 Å². The lowest BCUT2D eigenvalue weighted by molar-refractivity contribution is -0.128. The van der Waals surface area contributed by atoms with Gasteiger partial charge in [0.2, 0.25) is 5.91 Å². The van der Waals surface area contributed by atoms with E-state index < -0.39 is 5.91 Å². The van der Waals surface area contributed by atoms with Gasteiger partial charge in [0.15, 0.2) is 0 Å². The molecule has 0 saturated carbocycles. The van der Waals surface area contributed by atoms with Crippen LogP contribution in [0.25, 0.3) is 11.1 Å². The van der Waals surface area contributed by atoms with E-state index in [-0.39, 0.29) is 6.42 Å². The molecule has 0 fully saturated rings. The molecule has 0 spiro atoms. The standard InChI is InChI=1S/C15H15NO3/c1-19-14-8-6-13(7-9-14)12-4-2-11(3-5-12)10-15(17)16-18/h2-9,18H,10H2,1H3,(H,16,17). The summed E-state index contributed by atoms with van der Waals surface area (Å²) in [5.41, 5.74) is 4.62. The van der Waals surface area contributed by atoms with Crippen molar-refractivity contribution in [3.05, 3.63) is 54.1 Å². The summed E-state index contributed by atoms with van der Waals surface area (Å²) < 4.78 is 5.11. The molecule has 0 radical (unpaired) electrons. The van der Waals surface area contributed by atoms with Crippen LogP contribution >= 0.6 is 0 Å². The Bertz CT molecular complexity index is 547. The molecule has 4 heteroatoms. The lowest BCUT2D eigenvalue weighted by Crippen LogP contribution is -2.20. The number of amides is 1. The van der Waals surface area contributed by atoms with E-state index >= 15 is 0 Å². The van der Waals surface area contributed by atoms with E-state index in [1.165, 1.54) is 0 Å². The molecule has 0 aliphatic rings. The van der Waals surface area contributed by atoms with E-state index in [1.54, 1.807) is 12.6 Å². The first-order valence-electron chi connectivity index (χ1n) is 5.89. The molecule has 0 aliphatic heterocycles. The topological polar surface area (TPSA) is 58.6 Å². The number of carbonyl (C=O) groups excluding carboxylic acids is 1. The number of nitrogens with one attached hydrogen (secondary N) is 1. The van der Waals surface area contributed by atoms with Crippen molar-refractivity contribution in [2.75, 3.05) is 7.11 Å². The summed E-state index contributed by atoms with van der Waals surface area (Å²) in [6.07, 6.45) is 0.166. The van der Waals surface area contributed by atoms with Gasteiger partial charge in [-0.2, -0.15) is 0 Å². The molecular weight excluding hydrogens is 242 g/mol. The molecule has 0 heterocycles. The van der Waals surface area contributed by atoms with Crippen LogP contribution in [-0.4, -0.2) is 18.2 Å². The van der Waals surface area contributed by atoms with Crippen LogP contribution in [0, 0.1) is 0 Å². The highest BCUT2D eigenvalue weighted by atomic mass is 16.5. The second-order valence-corrected chi connectivity index (χ2v) is 4.14. The van der Waals surface area contributed by atoms with Gasteiger partial charge in [-0.25, -0.2) is 5.48 Å². The lowest BCUT2D eigenvalue weighted by Gasteiger charge is -2.05. The van der Waals surface area contributed by atoms with Crippen molar-refractivity contribution in [2.24, 2.45) is 0 Å². The molecular formula is C15H15NO3. The molecule has 1 amide bonds. The maximum atomic E-state index is 11.0. The van der Waals surface area contributed by atoms with Gasteiger partial charge < -0.3 is 4.74 Å². The number of ether oxygens (including phenoxy) is 1. The van der Waals surface area contributed by atoms with E-state index in [1.807, 2.05) is 48.5 Å². The number of hydroxylamine groups is 1. The molecule has 2 N–H and O–H groups in total. The molecule has 2 aromatic rings. The number of methoxy groups -OCH3 is 1. The van der Waals surface area contributed by atoms with Gasteiger partial charge in [0.1, 0.15) is 5.75 Å². The largest absolute Gasteiger partial charge is 0.497 e. The van der Waals surface area contributed by atoms with Crippen LogP contribution in [0.3, 0.4) is 0 Å². The highest BCUT2D eigenvalue weighted by Crippen LogP contribution is 2.22. The zero-order chi connectivity index (χ0) is 13.7. The summed E-state index contributed by atoms with van der Waals surface area (Å²) in [5.74, 6) is 0.400. The van der Waals surface area contributed by atoms with Crippen molar-refractivity contribution in [2.45, 2.75) is 6.42 Å². The fraction of sp³-hybridized carbons (Fsp3) is 0.133. The van der Waals surface area contributed by atoms with Crippen LogP contribution in [0.2, 0.25) is 0 Å². The Hall–Kier alpha value is -2.33. The van der Waals surface area contributed by atoms with Gasteiger partial charge in [0.05, 0.1) is 13.5 Å². The molecule has 0 aliphatic carbocycles. The minimum absolute atomic E-state index is 0.166. The predicted octanol–water partition coefficient (Wildman–Crippen LogP) is 2.41. The van der Waals surface area contributed by atoms with Crippen molar-refractivity contribution in [3.8, 4) is 16.9 Å². The number of hydrogen-bond donors (Lipinski definition) is 2. The summed E-state index contributed by atoms with van der Waals surface area (Å²) in [4.78, 5) is 11.0. The molecule has 0 saturated heterocycles. The van der Waals surface area contributed by atoms with Gasteiger partial charge in [-0.05, 0) is 28.8 Å². The SMILES string of the molecule is COc1ccc(-c2ccc(CC(=O)NO)cc2)cc1. The van der Waals surface area contributed by atoms with E-state index in [9.17, 15) is 4.79 Å². The third kappa shape index (κ3) is 3.33. The molecule has 0 unspecified atom stereocenters. The maximum absolute atomic E-state index is 11.0. The predicted molar refractivity (Wildman–Crippen MR) is 72.1 cm³/mol. The van der Waals surface area contributed by atoms with Crippen LogP contribution in [0.15, 0.2) is 48.5 Å². The van der Waals surface area contributed by atoms with Gasteiger partial charge in [-0.15, -0.1) is 0 Å². The van der Waals surface area contributed by atoms with Crippen LogP contribution in [0.1, 0.15) is 5.56 Å². The number of rotatable bonds is 4. The van der Waals surface area contributed by atoms with Crippen LogP contribution in [0.4, 0.5) is 0 Å². The molecule has 0 bridgehead atoms. The monoisotopic (exact) mass is 257 g/mol. The van der Waals surface area contributed by atoms with Gasteiger partial charge >= 0.3 is 0 Å². The molecule has 2 rings (SSSR count). The van der Waals surface area contributed by atoms with Gasteiger partial charge in [0, 0.05) is 0 Å². The Morgan fingerprint density at radius 1 is 1.05 bits per heavy atom. The highest BCUT2D eigenvalue weighted by Gasteiger charge is 2.03. The number of carbonyl (C=O) groups is 1. The second kappa shape index (κ2) is 6.02. The van der Waals surface area contributed by atoms with Crippen molar-refractivity contribution in [3.63, 3.8) is 0 Å². The van der Waals surface area contributed by atoms with E-state index in [0.29, 0.717) is 0 Å². The van der Waals surface area contributed by atoms with Crippen molar-refractivity contribution in [1.82, 2.24) is 5.48 Å². The summed E-state index contributed by atoms with van der Waals surface area (Å²) >= 11 is 0. The Morgan fingerprint density at radius 2 is 1.58 bits per heavy atom. The first-order valence-corrected chi connectivity index (χ1v) is 5.89. The lowest BCUT2D eigenvalue weighted by atomic mass is 10.0. The fourth-order valence-electron chi connectivity index (χ4n) is 1.82. The number of hydrogen-bond acceptors (Lipinski definition) is 3. The smallest absolute Gasteiger partial charge is 0.247 e. The van der Waals surface area contributed by atoms with Crippen molar-refractivity contribution in [1.29, 1.82) is 0 Å². The Kier molecular flexibility index (Phi) is 4.15. The normalized spacial score (nSPS) is 10.0.